The molecular formula is C12H12FN3O2. The summed E-state index contributed by atoms with van der Waals surface area (Å²) in [5.41, 5.74) is 0.311. The van der Waals surface area contributed by atoms with E-state index in [0.717, 1.165) is 0 Å². The lowest BCUT2D eigenvalue weighted by Gasteiger charge is -2.01. The van der Waals surface area contributed by atoms with E-state index in [0.29, 0.717) is 24.4 Å². The van der Waals surface area contributed by atoms with Crippen LogP contribution in [0.3, 0.4) is 0 Å². The molecule has 2 N–H and O–H groups in total. The Hall–Kier alpha value is -1.79. The van der Waals surface area contributed by atoms with Crippen LogP contribution in [0.25, 0.3) is 11.4 Å². The molecule has 0 amide bonds. The summed E-state index contributed by atoms with van der Waals surface area (Å²) in [6.07, 6.45) is 0.123. The van der Waals surface area contributed by atoms with E-state index in [-0.39, 0.29) is 17.7 Å². The number of β-amino-alcohol motifs (C(OH)–C–C–N with tert-alkyl or cyclic N) is 1. The largest absolute Gasteiger partial charge is 0.392 e. The smallest absolute Gasteiger partial charge is 0.244 e. The van der Waals surface area contributed by atoms with Crippen molar-refractivity contribution < 1.29 is 14.0 Å². The highest BCUT2D eigenvalue weighted by atomic mass is 19.1. The van der Waals surface area contributed by atoms with Crippen LogP contribution in [0.4, 0.5) is 4.39 Å². The molecule has 2 aromatic rings. The predicted octanol–water partition coefficient (Wildman–Crippen LogP) is 1.27. The molecule has 1 saturated heterocycles. The van der Waals surface area contributed by atoms with Gasteiger partial charge in [-0.1, -0.05) is 17.3 Å². The van der Waals surface area contributed by atoms with Crippen molar-refractivity contribution in [2.24, 2.45) is 0 Å². The number of aliphatic hydroxyl groups excluding tert-OH is 1. The molecule has 3 rings (SSSR count). The molecule has 2 heterocycles. The number of halogens is 1. The van der Waals surface area contributed by atoms with E-state index in [1.807, 2.05) is 0 Å². The van der Waals surface area contributed by atoms with Gasteiger partial charge in [0.25, 0.3) is 0 Å². The number of aliphatic hydroxyl groups is 1. The first-order chi connectivity index (χ1) is 8.74. The molecule has 0 saturated carbocycles. The van der Waals surface area contributed by atoms with Crippen LogP contribution in [0.1, 0.15) is 18.4 Å². The fourth-order valence-corrected chi connectivity index (χ4v) is 2.03. The summed E-state index contributed by atoms with van der Waals surface area (Å²) in [4.78, 5) is 4.17. The summed E-state index contributed by atoms with van der Waals surface area (Å²) in [6, 6.07) is 6.11. The van der Waals surface area contributed by atoms with Crippen molar-refractivity contribution in [2.45, 2.75) is 18.6 Å². The van der Waals surface area contributed by atoms with Crippen molar-refractivity contribution in [1.82, 2.24) is 15.5 Å². The average Bonchev–Trinajstić information content (AvgIpc) is 2.98. The van der Waals surface area contributed by atoms with Gasteiger partial charge in [-0.2, -0.15) is 4.98 Å². The van der Waals surface area contributed by atoms with Gasteiger partial charge in [-0.15, -0.1) is 0 Å². The molecule has 1 aliphatic rings. The fraction of sp³-hybridized carbons (Fsp3) is 0.333. The average molecular weight is 249 g/mol. The molecule has 1 aromatic heterocycles. The molecule has 2 atom stereocenters. The third kappa shape index (κ3) is 2.00. The number of nitrogens with one attached hydrogen (secondary N) is 1. The third-order valence-corrected chi connectivity index (χ3v) is 2.96. The molecule has 5 nitrogen and oxygen atoms in total. The zero-order valence-electron chi connectivity index (χ0n) is 9.51. The quantitative estimate of drug-likeness (QED) is 0.838. The van der Waals surface area contributed by atoms with Crippen LogP contribution in [-0.4, -0.2) is 27.9 Å². The highest BCUT2D eigenvalue weighted by Crippen LogP contribution is 2.25. The van der Waals surface area contributed by atoms with E-state index >= 15 is 0 Å². The summed E-state index contributed by atoms with van der Waals surface area (Å²) >= 11 is 0. The monoisotopic (exact) mass is 249 g/mol. The summed E-state index contributed by atoms with van der Waals surface area (Å²) in [6.45, 7) is 0.502. The Morgan fingerprint density at radius 1 is 1.39 bits per heavy atom. The van der Waals surface area contributed by atoms with Gasteiger partial charge in [-0.3, -0.25) is 0 Å². The number of rotatable bonds is 2. The highest BCUT2D eigenvalue weighted by molar-refractivity contribution is 5.54. The maximum absolute atomic E-state index is 13.5. The van der Waals surface area contributed by atoms with Gasteiger partial charge in [-0.05, 0) is 18.6 Å². The van der Waals surface area contributed by atoms with Crippen LogP contribution in [0.5, 0.6) is 0 Å². The second-order valence-electron chi connectivity index (χ2n) is 4.29. The van der Waals surface area contributed by atoms with E-state index in [1.54, 1.807) is 18.2 Å². The molecule has 1 aliphatic heterocycles. The first-order valence-corrected chi connectivity index (χ1v) is 5.74. The normalized spacial score (nSPS) is 23.4. The van der Waals surface area contributed by atoms with E-state index < -0.39 is 6.10 Å². The minimum absolute atomic E-state index is 0.159. The summed E-state index contributed by atoms with van der Waals surface area (Å²) < 4.78 is 18.7. The molecule has 0 radical (unpaired) electrons. The molecule has 1 fully saturated rings. The zero-order chi connectivity index (χ0) is 12.5. The summed E-state index contributed by atoms with van der Waals surface area (Å²) in [5.74, 6) is 0.223. The van der Waals surface area contributed by atoms with Gasteiger partial charge in [0.05, 0.1) is 17.7 Å². The first kappa shape index (κ1) is 11.3. The third-order valence-electron chi connectivity index (χ3n) is 2.96. The Morgan fingerprint density at radius 2 is 2.22 bits per heavy atom. The van der Waals surface area contributed by atoms with E-state index in [9.17, 15) is 9.50 Å². The van der Waals surface area contributed by atoms with Gasteiger partial charge in [-0.25, -0.2) is 4.39 Å². The van der Waals surface area contributed by atoms with Crippen LogP contribution < -0.4 is 5.32 Å². The van der Waals surface area contributed by atoms with E-state index in [1.165, 1.54) is 6.07 Å². The van der Waals surface area contributed by atoms with Crippen molar-refractivity contribution in [3.8, 4) is 11.4 Å². The SMILES string of the molecule is O[C@@H]1CN[C@H](c2nc(-c3ccccc3F)no2)C1. The molecular weight excluding hydrogens is 237 g/mol. The van der Waals surface area contributed by atoms with Crippen LogP contribution >= 0.6 is 0 Å². The Kier molecular flexibility index (Phi) is 2.81. The van der Waals surface area contributed by atoms with Crippen LogP contribution in [-0.2, 0) is 0 Å². The Balaban J connectivity index is 1.88. The minimum Gasteiger partial charge on any atom is -0.392 e. The van der Waals surface area contributed by atoms with E-state index in [4.69, 9.17) is 4.52 Å². The van der Waals surface area contributed by atoms with Crippen molar-refractivity contribution in [3.05, 3.63) is 36.0 Å². The van der Waals surface area contributed by atoms with Crippen molar-refractivity contribution in [2.75, 3.05) is 6.54 Å². The van der Waals surface area contributed by atoms with Gasteiger partial charge >= 0.3 is 0 Å². The van der Waals surface area contributed by atoms with Gasteiger partial charge in [0, 0.05) is 6.54 Å². The highest BCUT2D eigenvalue weighted by Gasteiger charge is 2.28. The zero-order valence-corrected chi connectivity index (χ0v) is 9.51. The van der Waals surface area contributed by atoms with Crippen molar-refractivity contribution >= 4 is 0 Å². The molecule has 0 spiro atoms. The Bertz CT molecular complexity index is 558. The maximum Gasteiger partial charge on any atom is 0.244 e. The predicted molar refractivity (Wildman–Crippen MR) is 61.1 cm³/mol. The molecule has 94 valence electrons. The Labute approximate surface area is 103 Å². The molecule has 0 bridgehead atoms. The fourth-order valence-electron chi connectivity index (χ4n) is 2.03. The topological polar surface area (TPSA) is 71.2 Å². The van der Waals surface area contributed by atoms with Crippen molar-refractivity contribution in [1.29, 1.82) is 0 Å². The van der Waals surface area contributed by atoms with Crippen molar-refractivity contribution in [3.63, 3.8) is 0 Å². The summed E-state index contributed by atoms with van der Waals surface area (Å²) in [7, 11) is 0. The van der Waals surface area contributed by atoms with Gasteiger partial charge in [0.15, 0.2) is 0 Å². The Morgan fingerprint density at radius 3 is 2.94 bits per heavy atom. The molecule has 18 heavy (non-hydrogen) atoms. The van der Waals surface area contributed by atoms with Crippen LogP contribution in [0.15, 0.2) is 28.8 Å². The van der Waals surface area contributed by atoms with E-state index in [2.05, 4.69) is 15.5 Å². The number of aromatic nitrogens is 2. The van der Waals surface area contributed by atoms with Gasteiger partial charge in [0.2, 0.25) is 11.7 Å². The molecule has 0 unspecified atom stereocenters. The van der Waals surface area contributed by atoms with Crippen LogP contribution in [0.2, 0.25) is 0 Å². The van der Waals surface area contributed by atoms with Gasteiger partial charge in [0.1, 0.15) is 5.82 Å². The lowest BCUT2D eigenvalue weighted by atomic mass is 10.2. The minimum atomic E-state index is -0.404. The lowest BCUT2D eigenvalue weighted by molar-refractivity contribution is 0.191. The standard InChI is InChI=1S/C12H12FN3O2/c13-9-4-2-1-3-8(9)11-15-12(18-16-11)10-5-7(17)6-14-10/h1-4,7,10,14,17H,5-6H2/t7-,10-/m0/s1. The number of hydrogen-bond acceptors (Lipinski definition) is 5. The molecule has 0 aliphatic carbocycles. The summed E-state index contributed by atoms with van der Waals surface area (Å²) in [5, 5.41) is 16.2. The molecule has 1 aromatic carbocycles. The van der Waals surface area contributed by atoms with Crippen LogP contribution in [0, 0.1) is 5.82 Å². The molecule has 6 heteroatoms. The second kappa shape index (κ2) is 4.47. The maximum atomic E-state index is 13.5. The number of hydrogen-bond donors (Lipinski definition) is 2. The second-order valence-corrected chi connectivity index (χ2v) is 4.29. The number of benzene rings is 1. The van der Waals surface area contributed by atoms with Gasteiger partial charge < -0.3 is 14.9 Å². The lowest BCUT2D eigenvalue weighted by Crippen LogP contribution is -2.15. The first-order valence-electron chi connectivity index (χ1n) is 5.74. The number of nitrogens with zero attached hydrogens (tertiary/aromatic N) is 2.